The molecule has 1 aliphatic rings. The minimum atomic E-state index is -0.359. The van der Waals surface area contributed by atoms with E-state index in [-0.39, 0.29) is 17.2 Å². The number of aromatic nitrogens is 2. The van der Waals surface area contributed by atoms with Crippen LogP contribution in [0.3, 0.4) is 0 Å². The molecule has 0 bridgehead atoms. The summed E-state index contributed by atoms with van der Waals surface area (Å²) in [6, 6.07) is 24.0. The molecule has 30 heavy (non-hydrogen) atoms. The van der Waals surface area contributed by atoms with Gasteiger partial charge in [-0.2, -0.15) is 0 Å². The van der Waals surface area contributed by atoms with Gasteiger partial charge in [0.15, 0.2) is 0 Å². The summed E-state index contributed by atoms with van der Waals surface area (Å²) >= 11 is 0. The van der Waals surface area contributed by atoms with Gasteiger partial charge in [-0.3, -0.25) is 14.2 Å². The van der Waals surface area contributed by atoms with E-state index in [1.165, 1.54) is 4.57 Å². The third kappa shape index (κ3) is 2.86. The summed E-state index contributed by atoms with van der Waals surface area (Å²) in [5, 5.41) is 6.18. The second-order valence-electron chi connectivity index (χ2n) is 7.05. The number of rotatable bonds is 2. The minimum absolute atomic E-state index is 0.243. The summed E-state index contributed by atoms with van der Waals surface area (Å²) in [6.45, 7) is 1.79. The second kappa shape index (κ2) is 7.00. The Balaban J connectivity index is 1.82. The molecule has 1 aromatic heterocycles. The lowest BCUT2D eigenvalue weighted by Gasteiger charge is -2.16. The lowest BCUT2D eigenvalue weighted by molar-refractivity contribution is -0.111. The number of amides is 1. The van der Waals surface area contributed by atoms with Gasteiger partial charge < -0.3 is 10.6 Å². The van der Waals surface area contributed by atoms with Gasteiger partial charge in [-0.05, 0) is 31.2 Å². The molecule has 0 spiro atoms. The van der Waals surface area contributed by atoms with Crippen LogP contribution in [0.5, 0.6) is 0 Å². The molecule has 3 aromatic carbocycles. The van der Waals surface area contributed by atoms with Crippen LogP contribution in [0, 0.1) is 0 Å². The van der Waals surface area contributed by atoms with Crippen LogP contribution in [-0.2, 0) is 4.79 Å². The highest BCUT2D eigenvalue weighted by atomic mass is 16.2. The van der Waals surface area contributed by atoms with Gasteiger partial charge >= 0.3 is 0 Å². The predicted octanol–water partition coefficient (Wildman–Crippen LogP) is 4.32. The zero-order valence-electron chi connectivity index (χ0n) is 16.2. The van der Waals surface area contributed by atoms with Crippen molar-refractivity contribution in [3.63, 3.8) is 0 Å². The predicted molar refractivity (Wildman–Crippen MR) is 119 cm³/mol. The fraction of sp³-hybridized carbons (Fsp3) is 0.0417. The van der Waals surface area contributed by atoms with Gasteiger partial charge in [0.25, 0.3) is 11.5 Å². The number of hydrogen-bond acceptors (Lipinski definition) is 4. The maximum absolute atomic E-state index is 13.6. The van der Waals surface area contributed by atoms with Crippen LogP contribution in [0.25, 0.3) is 28.0 Å². The quantitative estimate of drug-likeness (QED) is 0.531. The van der Waals surface area contributed by atoms with E-state index in [4.69, 9.17) is 0 Å². The molecule has 6 heteroatoms. The summed E-state index contributed by atoms with van der Waals surface area (Å²) in [5.41, 5.74) is 4.10. The Bertz CT molecular complexity index is 1390. The summed E-state index contributed by atoms with van der Waals surface area (Å²) < 4.78 is 1.45. The van der Waals surface area contributed by atoms with Crippen LogP contribution in [0.1, 0.15) is 6.92 Å². The van der Waals surface area contributed by atoms with E-state index in [0.29, 0.717) is 33.7 Å². The van der Waals surface area contributed by atoms with E-state index >= 15 is 0 Å². The molecule has 0 unspecified atom stereocenters. The van der Waals surface area contributed by atoms with Crippen molar-refractivity contribution in [3.8, 4) is 11.3 Å². The first-order valence-electron chi connectivity index (χ1n) is 9.59. The number of benzene rings is 3. The van der Waals surface area contributed by atoms with Gasteiger partial charge in [0, 0.05) is 11.3 Å². The molecule has 1 amide bonds. The van der Waals surface area contributed by atoms with Crippen molar-refractivity contribution < 1.29 is 4.79 Å². The van der Waals surface area contributed by atoms with E-state index in [1.807, 2.05) is 72.8 Å². The van der Waals surface area contributed by atoms with Crippen LogP contribution in [0.15, 0.2) is 89.4 Å². The van der Waals surface area contributed by atoms with Gasteiger partial charge in [0.2, 0.25) is 0 Å². The monoisotopic (exact) mass is 394 g/mol. The third-order valence-corrected chi connectivity index (χ3v) is 5.10. The molecule has 2 N–H and O–H groups in total. The van der Waals surface area contributed by atoms with Gasteiger partial charge in [-0.15, -0.1) is 0 Å². The van der Waals surface area contributed by atoms with Crippen molar-refractivity contribution in [2.24, 2.45) is 0 Å². The Kier molecular flexibility index (Phi) is 4.17. The Hall–Kier alpha value is -4.19. The number of anilines is 2. The second-order valence-corrected chi connectivity index (χ2v) is 7.05. The van der Waals surface area contributed by atoms with Crippen molar-refractivity contribution in [1.82, 2.24) is 9.55 Å². The Morgan fingerprint density at radius 1 is 0.767 bits per heavy atom. The first-order valence-corrected chi connectivity index (χ1v) is 9.59. The summed E-state index contributed by atoms with van der Waals surface area (Å²) in [7, 11) is 0. The molecule has 1 aliphatic heterocycles. The van der Waals surface area contributed by atoms with Crippen molar-refractivity contribution in [2.75, 3.05) is 10.6 Å². The zero-order valence-corrected chi connectivity index (χ0v) is 16.2. The molecule has 0 saturated heterocycles. The Labute approximate surface area is 172 Å². The van der Waals surface area contributed by atoms with Crippen LogP contribution in [-0.4, -0.2) is 15.5 Å². The fourth-order valence-electron chi connectivity index (χ4n) is 3.72. The average molecular weight is 394 g/mol. The molecular formula is C24H18N4O2. The number of carbonyl (C=O) groups is 1. The van der Waals surface area contributed by atoms with Crippen LogP contribution in [0.4, 0.5) is 11.4 Å². The average Bonchev–Trinajstić information content (AvgIpc) is 2.89. The Morgan fingerprint density at radius 3 is 2.17 bits per heavy atom. The fourth-order valence-corrected chi connectivity index (χ4v) is 3.72. The number of para-hydroxylation sites is 4. The smallest absolute Gasteiger partial charge is 0.282 e. The molecule has 0 radical (unpaired) electrons. The molecular weight excluding hydrogens is 376 g/mol. The summed E-state index contributed by atoms with van der Waals surface area (Å²) in [4.78, 5) is 31.5. The van der Waals surface area contributed by atoms with Crippen LogP contribution < -0.4 is 16.2 Å². The van der Waals surface area contributed by atoms with Gasteiger partial charge in [0.1, 0.15) is 11.4 Å². The standard InChI is InChI=1S/C24H18N4O2/c1-15-22(23(29)27-18-12-6-5-11-17(18)25-15)28-20-14-8-7-13-19(20)26-21(24(28)30)16-9-3-2-4-10-16/h2-14,25H,1H3,(H,27,29). The van der Waals surface area contributed by atoms with Crippen LogP contribution >= 0.6 is 0 Å². The first-order chi connectivity index (χ1) is 14.6. The number of fused-ring (bicyclic) bond motifs is 2. The summed E-state index contributed by atoms with van der Waals surface area (Å²) in [6.07, 6.45) is 0. The van der Waals surface area contributed by atoms with Crippen molar-refractivity contribution in [1.29, 1.82) is 0 Å². The zero-order chi connectivity index (χ0) is 20.7. The van der Waals surface area contributed by atoms with E-state index in [2.05, 4.69) is 15.6 Å². The molecule has 6 nitrogen and oxygen atoms in total. The largest absolute Gasteiger partial charge is 0.356 e. The molecule has 2 heterocycles. The number of nitrogens with zero attached hydrogens (tertiary/aromatic N) is 2. The molecule has 4 aromatic rings. The molecule has 0 fully saturated rings. The molecule has 146 valence electrons. The highest BCUT2D eigenvalue weighted by Gasteiger charge is 2.25. The minimum Gasteiger partial charge on any atom is -0.356 e. The van der Waals surface area contributed by atoms with E-state index in [9.17, 15) is 9.59 Å². The van der Waals surface area contributed by atoms with Gasteiger partial charge in [-0.25, -0.2) is 4.98 Å². The van der Waals surface area contributed by atoms with E-state index in [0.717, 1.165) is 5.69 Å². The molecule has 5 rings (SSSR count). The maximum atomic E-state index is 13.6. The van der Waals surface area contributed by atoms with Crippen LogP contribution in [0.2, 0.25) is 0 Å². The lowest BCUT2D eigenvalue weighted by Crippen LogP contribution is -2.29. The number of allylic oxidation sites excluding steroid dienone is 1. The Morgan fingerprint density at radius 2 is 1.40 bits per heavy atom. The number of nitrogens with one attached hydrogen (secondary N) is 2. The summed E-state index contributed by atoms with van der Waals surface area (Å²) in [5.74, 6) is -0.359. The van der Waals surface area contributed by atoms with Crippen molar-refractivity contribution >= 4 is 34.0 Å². The topological polar surface area (TPSA) is 76.0 Å². The maximum Gasteiger partial charge on any atom is 0.282 e. The van der Waals surface area contributed by atoms with Crippen molar-refractivity contribution in [3.05, 3.63) is 94.9 Å². The normalized spacial score (nSPS) is 13.4. The molecule has 0 aliphatic carbocycles. The van der Waals surface area contributed by atoms with Crippen molar-refractivity contribution in [2.45, 2.75) is 6.92 Å². The van der Waals surface area contributed by atoms with E-state index < -0.39 is 0 Å². The SMILES string of the molecule is CC1=C(n2c(=O)c(-c3ccccc3)nc3ccccc32)C(=O)Nc2ccccc2N1. The molecule has 0 atom stereocenters. The molecule has 0 saturated carbocycles. The highest BCUT2D eigenvalue weighted by Crippen LogP contribution is 2.30. The highest BCUT2D eigenvalue weighted by molar-refractivity contribution is 6.24. The third-order valence-electron chi connectivity index (χ3n) is 5.10. The van der Waals surface area contributed by atoms with E-state index in [1.54, 1.807) is 13.0 Å². The lowest BCUT2D eigenvalue weighted by atomic mass is 10.1. The number of carbonyl (C=O) groups excluding carboxylic acids is 1. The first kappa shape index (κ1) is 17.9. The number of hydrogen-bond donors (Lipinski definition) is 2. The van der Waals surface area contributed by atoms with Gasteiger partial charge in [0.05, 0.1) is 22.4 Å². The van der Waals surface area contributed by atoms with Gasteiger partial charge in [-0.1, -0.05) is 54.6 Å².